The topological polar surface area (TPSA) is 92.5 Å². The van der Waals surface area contributed by atoms with Crippen LogP contribution < -0.4 is 5.32 Å². The average Bonchev–Trinajstić information content (AvgIpc) is 2.42. The van der Waals surface area contributed by atoms with Crippen molar-refractivity contribution in [3.63, 3.8) is 0 Å². The lowest BCUT2D eigenvalue weighted by Crippen LogP contribution is -2.24. The third-order valence-corrected chi connectivity index (χ3v) is 3.38. The summed E-state index contributed by atoms with van der Waals surface area (Å²) in [6.07, 6.45) is 0.823. The summed E-state index contributed by atoms with van der Waals surface area (Å²) in [5.41, 5.74) is 0.380. The fourth-order valence-electron chi connectivity index (χ4n) is 1.38. The Bertz CT molecular complexity index is 422. The third kappa shape index (κ3) is 5.71. The number of hydrogen-bond acceptors (Lipinski definition) is 5. The summed E-state index contributed by atoms with van der Waals surface area (Å²) in [4.78, 5) is 21.7. The number of non-ortho nitro benzene ring substituents is 1. The van der Waals surface area contributed by atoms with Crippen molar-refractivity contribution in [2.75, 3.05) is 24.7 Å². The maximum Gasteiger partial charge on any atom is 0.269 e. The van der Waals surface area contributed by atoms with Crippen LogP contribution in [0.5, 0.6) is 0 Å². The molecule has 1 aromatic rings. The van der Waals surface area contributed by atoms with Crippen LogP contribution >= 0.6 is 11.8 Å². The van der Waals surface area contributed by atoms with Crippen molar-refractivity contribution in [2.45, 2.75) is 6.42 Å². The van der Waals surface area contributed by atoms with Crippen molar-refractivity contribution >= 4 is 23.4 Å². The molecule has 0 aliphatic carbocycles. The number of nitrogens with one attached hydrogen (secondary N) is 1. The van der Waals surface area contributed by atoms with Gasteiger partial charge in [-0.05, 0) is 24.3 Å². The van der Waals surface area contributed by atoms with Crippen LogP contribution in [0, 0.1) is 10.1 Å². The van der Waals surface area contributed by atoms with Gasteiger partial charge >= 0.3 is 0 Å². The number of nitrogens with zero attached hydrogens (tertiary/aromatic N) is 1. The number of thioether (sulfide) groups is 1. The van der Waals surface area contributed by atoms with Crippen molar-refractivity contribution in [1.29, 1.82) is 0 Å². The Hall–Kier alpha value is -1.60. The number of rotatable bonds is 8. The Labute approximate surface area is 115 Å². The van der Waals surface area contributed by atoms with Crippen molar-refractivity contribution < 1.29 is 14.8 Å². The van der Waals surface area contributed by atoms with Gasteiger partial charge in [-0.1, -0.05) is 0 Å². The molecule has 2 N–H and O–H groups in total. The van der Waals surface area contributed by atoms with Crippen molar-refractivity contribution in [3.05, 3.63) is 39.9 Å². The minimum absolute atomic E-state index is 0.0306. The molecule has 0 unspecified atom stereocenters. The summed E-state index contributed by atoms with van der Waals surface area (Å²) in [7, 11) is 0. The van der Waals surface area contributed by atoms with Gasteiger partial charge in [-0.15, -0.1) is 0 Å². The molecule has 0 fully saturated rings. The van der Waals surface area contributed by atoms with Gasteiger partial charge in [-0.3, -0.25) is 14.9 Å². The highest BCUT2D eigenvalue weighted by atomic mass is 32.2. The first-order valence-electron chi connectivity index (χ1n) is 5.86. The molecule has 0 spiro atoms. The summed E-state index contributed by atoms with van der Waals surface area (Å²) in [5.74, 6) is 1.35. The predicted molar refractivity (Wildman–Crippen MR) is 74.5 cm³/mol. The van der Waals surface area contributed by atoms with E-state index in [4.69, 9.17) is 5.11 Å². The second kappa shape index (κ2) is 8.49. The number of amides is 1. The molecule has 0 aliphatic rings. The van der Waals surface area contributed by atoms with E-state index in [9.17, 15) is 14.9 Å². The fraction of sp³-hybridized carbons (Fsp3) is 0.417. The zero-order valence-corrected chi connectivity index (χ0v) is 11.2. The summed E-state index contributed by atoms with van der Waals surface area (Å²) < 4.78 is 0. The molecule has 1 rings (SSSR count). The molecule has 104 valence electrons. The Morgan fingerprint density at radius 1 is 1.32 bits per heavy atom. The van der Waals surface area contributed by atoms with Crippen LogP contribution in [-0.4, -0.2) is 40.6 Å². The molecule has 0 heterocycles. The number of hydrogen-bond donors (Lipinski definition) is 2. The lowest BCUT2D eigenvalue weighted by atomic mass is 10.2. The molecule has 0 atom stereocenters. The van der Waals surface area contributed by atoms with E-state index in [2.05, 4.69) is 5.32 Å². The van der Waals surface area contributed by atoms with Gasteiger partial charge in [0.2, 0.25) is 0 Å². The number of carbonyl (C=O) groups is 1. The summed E-state index contributed by atoms with van der Waals surface area (Å²) in [5, 5.41) is 21.8. The van der Waals surface area contributed by atoms with Crippen molar-refractivity contribution in [1.82, 2.24) is 5.32 Å². The van der Waals surface area contributed by atoms with Gasteiger partial charge in [0.05, 0.1) is 11.5 Å². The monoisotopic (exact) mass is 284 g/mol. The highest BCUT2D eigenvalue weighted by Gasteiger charge is 2.08. The number of aliphatic hydroxyl groups is 1. The highest BCUT2D eigenvalue weighted by molar-refractivity contribution is 7.99. The number of nitro benzene ring substituents is 1. The van der Waals surface area contributed by atoms with Crippen molar-refractivity contribution in [2.24, 2.45) is 0 Å². The van der Waals surface area contributed by atoms with Gasteiger partial charge in [0.1, 0.15) is 0 Å². The van der Waals surface area contributed by atoms with Gasteiger partial charge in [-0.2, -0.15) is 11.8 Å². The van der Waals surface area contributed by atoms with E-state index < -0.39 is 4.92 Å². The van der Waals surface area contributed by atoms with Crippen LogP contribution in [0.25, 0.3) is 0 Å². The molecule has 7 heteroatoms. The fourth-order valence-corrected chi connectivity index (χ4v) is 2.06. The molecule has 19 heavy (non-hydrogen) atoms. The number of aliphatic hydroxyl groups excluding tert-OH is 1. The smallest absolute Gasteiger partial charge is 0.269 e. The minimum atomic E-state index is -0.500. The summed E-state index contributed by atoms with van der Waals surface area (Å²) >= 11 is 1.63. The van der Waals surface area contributed by atoms with E-state index in [1.807, 2.05) is 0 Å². The third-order valence-electron chi connectivity index (χ3n) is 2.33. The molecule has 0 bridgehead atoms. The second-order valence-corrected chi connectivity index (χ2v) is 4.97. The first-order chi connectivity index (χ1) is 9.15. The Morgan fingerprint density at radius 3 is 2.58 bits per heavy atom. The number of carbonyl (C=O) groups excluding carboxylic acids is 1. The van der Waals surface area contributed by atoms with E-state index >= 15 is 0 Å². The molecule has 0 radical (unpaired) electrons. The largest absolute Gasteiger partial charge is 0.396 e. The van der Waals surface area contributed by atoms with Crippen LogP contribution in [0.15, 0.2) is 24.3 Å². The van der Waals surface area contributed by atoms with Crippen LogP contribution in [0.2, 0.25) is 0 Å². The maximum atomic E-state index is 11.7. The molecule has 0 saturated heterocycles. The van der Waals surface area contributed by atoms with Gasteiger partial charge in [0.25, 0.3) is 11.6 Å². The average molecular weight is 284 g/mol. The van der Waals surface area contributed by atoms with E-state index in [0.717, 1.165) is 12.2 Å². The summed E-state index contributed by atoms with van der Waals surface area (Å²) in [6, 6.07) is 5.50. The first kappa shape index (κ1) is 15.5. The Kier molecular flexibility index (Phi) is 6.91. The lowest BCUT2D eigenvalue weighted by molar-refractivity contribution is -0.384. The van der Waals surface area contributed by atoms with E-state index in [1.165, 1.54) is 24.3 Å². The van der Waals surface area contributed by atoms with Gasteiger partial charge in [0.15, 0.2) is 0 Å². The molecule has 0 aliphatic heterocycles. The quantitative estimate of drug-likeness (QED) is 0.428. The van der Waals surface area contributed by atoms with Gasteiger partial charge < -0.3 is 10.4 Å². The van der Waals surface area contributed by atoms with Crippen LogP contribution in [0.1, 0.15) is 16.8 Å². The predicted octanol–water partition coefficient (Wildman–Crippen LogP) is 1.44. The SMILES string of the molecule is O=C(NCCCSCCO)c1ccc([N+](=O)[O-])cc1. The number of benzene rings is 1. The number of nitro groups is 1. The lowest BCUT2D eigenvalue weighted by Gasteiger charge is -2.04. The van der Waals surface area contributed by atoms with Crippen LogP contribution in [0.4, 0.5) is 5.69 Å². The van der Waals surface area contributed by atoms with E-state index in [-0.39, 0.29) is 18.2 Å². The van der Waals surface area contributed by atoms with E-state index in [0.29, 0.717) is 17.9 Å². The minimum Gasteiger partial charge on any atom is -0.396 e. The molecular formula is C12H16N2O4S. The molecule has 1 aromatic carbocycles. The first-order valence-corrected chi connectivity index (χ1v) is 7.02. The Balaban J connectivity index is 2.31. The highest BCUT2D eigenvalue weighted by Crippen LogP contribution is 2.11. The van der Waals surface area contributed by atoms with E-state index in [1.54, 1.807) is 11.8 Å². The van der Waals surface area contributed by atoms with Crippen molar-refractivity contribution in [3.8, 4) is 0 Å². The molecule has 0 aromatic heterocycles. The zero-order valence-electron chi connectivity index (χ0n) is 10.4. The van der Waals surface area contributed by atoms with Gasteiger partial charge in [0, 0.05) is 30.0 Å². The second-order valence-electron chi connectivity index (χ2n) is 3.75. The molecule has 6 nitrogen and oxygen atoms in total. The van der Waals surface area contributed by atoms with Crippen LogP contribution in [0.3, 0.4) is 0 Å². The van der Waals surface area contributed by atoms with Crippen LogP contribution in [-0.2, 0) is 0 Å². The normalized spacial score (nSPS) is 10.2. The molecular weight excluding hydrogens is 268 g/mol. The maximum absolute atomic E-state index is 11.7. The van der Waals surface area contributed by atoms with Gasteiger partial charge in [-0.25, -0.2) is 0 Å². The standard InChI is InChI=1S/C12H16N2O4S/c15-7-9-19-8-1-6-13-12(16)10-2-4-11(5-3-10)14(17)18/h2-5,15H,1,6-9H2,(H,13,16). The summed E-state index contributed by atoms with van der Waals surface area (Å²) in [6.45, 7) is 0.716. The zero-order chi connectivity index (χ0) is 14.1. The Morgan fingerprint density at radius 2 is 2.00 bits per heavy atom. The molecule has 1 amide bonds. The molecule has 0 saturated carbocycles.